The number of ether oxygens (including phenoxy) is 4. The highest BCUT2D eigenvalue weighted by molar-refractivity contribution is 5.76. The van der Waals surface area contributed by atoms with Gasteiger partial charge in [-0.1, -0.05) is 373 Å². The van der Waals surface area contributed by atoms with Crippen LogP contribution in [0.3, 0.4) is 0 Å². The molecule has 2 rings (SSSR count). The fraction of sp³-hybridized carbons (Fsp3) is 0.962. The maximum absolute atomic E-state index is 13.4. The Hall–Kier alpha value is -1.27. The fourth-order valence-corrected chi connectivity index (χ4v) is 13.7. The van der Waals surface area contributed by atoms with Crippen molar-refractivity contribution in [1.82, 2.24) is 5.32 Å². The van der Waals surface area contributed by atoms with E-state index < -0.39 is 86.8 Å². The summed E-state index contributed by atoms with van der Waals surface area (Å²) in [5, 5.41) is 87.7. The first-order chi connectivity index (χ1) is 45.1. The molecule has 0 aromatic carbocycles. The van der Waals surface area contributed by atoms with Crippen LogP contribution in [0, 0.1) is 0 Å². The molecule has 546 valence electrons. The fourth-order valence-electron chi connectivity index (χ4n) is 13.7. The summed E-state index contributed by atoms with van der Waals surface area (Å²) in [5.74, 6) is -0.229. The first kappa shape index (κ1) is 86.8. The third kappa shape index (κ3) is 46.1. The largest absolute Gasteiger partial charge is 0.394 e. The maximum Gasteiger partial charge on any atom is 0.220 e. The minimum Gasteiger partial charge on any atom is -0.394 e. The Morgan fingerprint density at radius 2 is 0.674 bits per heavy atom. The second-order valence-corrected chi connectivity index (χ2v) is 28.6. The van der Waals surface area contributed by atoms with Gasteiger partial charge in [0.05, 0.1) is 32.0 Å². The van der Waals surface area contributed by atoms with Crippen LogP contribution >= 0.6 is 0 Å². The quantitative estimate of drug-likeness (QED) is 0.0204. The van der Waals surface area contributed by atoms with Crippen LogP contribution in [0.2, 0.25) is 0 Å². The van der Waals surface area contributed by atoms with Crippen LogP contribution in [0.25, 0.3) is 0 Å². The second-order valence-electron chi connectivity index (χ2n) is 28.6. The highest BCUT2D eigenvalue weighted by atomic mass is 16.7. The van der Waals surface area contributed by atoms with Crippen LogP contribution in [-0.2, 0) is 23.7 Å². The zero-order valence-electron chi connectivity index (χ0n) is 59.8. The SMILES string of the molecule is CCCCCCCCCCCCCCCCCCCCCCCCCC/C=C/C(O)C(COC1OC(CO)C(OC2OC(CO)C(O)C(O)C2O)C(O)C1O)NC(=O)CCCCCCCCCCCCCCCCCCCCCCCCCCCCCCCCCC. The van der Waals surface area contributed by atoms with Crippen molar-refractivity contribution in [3.63, 3.8) is 0 Å². The second kappa shape index (κ2) is 63.2. The Morgan fingerprint density at radius 3 is 1.00 bits per heavy atom. The van der Waals surface area contributed by atoms with Crippen LogP contribution in [-0.4, -0.2) is 140 Å². The monoisotopic (exact) mass is 1310 g/mol. The third-order valence-electron chi connectivity index (χ3n) is 20.0. The minimum atomic E-state index is -1.79. The number of aliphatic hydroxyl groups is 8. The van der Waals surface area contributed by atoms with Crippen molar-refractivity contribution in [2.45, 2.75) is 460 Å². The van der Waals surface area contributed by atoms with E-state index in [0.29, 0.717) is 0 Å². The molecule has 0 bridgehead atoms. The lowest BCUT2D eigenvalue weighted by Crippen LogP contribution is -2.65. The van der Waals surface area contributed by atoms with E-state index in [1.54, 1.807) is 6.08 Å². The van der Waals surface area contributed by atoms with E-state index in [-0.39, 0.29) is 18.9 Å². The summed E-state index contributed by atoms with van der Waals surface area (Å²) in [6.45, 7) is 2.88. The van der Waals surface area contributed by atoms with E-state index >= 15 is 0 Å². The highest BCUT2D eigenvalue weighted by Crippen LogP contribution is 2.30. The predicted octanol–water partition coefficient (Wildman–Crippen LogP) is 17.7. The molecule has 2 fully saturated rings. The summed E-state index contributed by atoms with van der Waals surface area (Å²) in [7, 11) is 0. The summed E-state index contributed by atoms with van der Waals surface area (Å²) >= 11 is 0. The number of unbranched alkanes of at least 4 members (excludes halogenated alkanes) is 55. The van der Waals surface area contributed by atoms with Gasteiger partial charge in [0.25, 0.3) is 0 Å². The van der Waals surface area contributed by atoms with Gasteiger partial charge >= 0.3 is 0 Å². The lowest BCUT2D eigenvalue weighted by molar-refractivity contribution is -0.359. The lowest BCUT2D eigenvalue weighted by atomic mass is 9.97. The Balaban J connectivity index is 1.61. The normalized spacial score (nSPS) is 22.6. The number of allylic oxidation sites excluding steroid dienone is 1. The van der Waals surface area contributed by atoms with E-state index in [9.17, 15) is 45.6 Å². The van der Waals surface area contributed by atoms with Gasteiger partial charge in [0.1, 0.15) is 48.8 Å². The summed E-state index contributed by atoms with van der Waals surface area (Å²) in [4.78, 5) is 13.4. The van der Waals surface area contributed by atoms with E-state index in [1.165, 1.54) is 321 Å². The zero-order valence-corrected chi connectivity index (χ0v) is 59.8. The van der Waals surface area contributed by atoms with E-state index in [2.05, 4.69) is 19.2 Å². The van der Waals surface area contributed by atoms with Crippen molar-refractivity contribution < 1.29 is 64.6 Å². The molecule has 12 atom stereocenters. The molecule has 0 aromatic rings. The molecule has 0 saturated carbocycles. The average Bonchev–Trinajstić information content (AvgIpc) is 0.864. The minimum absolute atomic E-state index is 0.229. The van der Waals surface area contributed by atoms with Crippen LogP contribution in [0.4, 0.5) is 0 Å². The molecule has 0 aliphatic carbocycles. The van der Waals surface area contributed by atoms with Gasteiger partial charge in [0, 0.05) is 6.42 Å². The molecular formula is C78H151NO13. The summed E-state index contributed by atoms with van der Waals surface area (Å²) in [5.41, 5.74) is 0. The van der Waals surface area contributed by atoms with Gasteiger partial charge in [-0.2, -0.15) is 0 Å². The maximum atomic E-state index is 13.4. The van der Waals surface area contributed by atoms with Crippen molar-refractivity contribution in [1.29, 1.82) is 0 Å². The molecule has 14 nitrogen and oxygen atoms in total. The predicted molar refractivity (Wildman–Crippen MR) is 379 cm³/mol. The van der Waals surface area contributed by atoms with Gasteiger partial charge in [0.15, 0.2) is 12.6 Å². The zero-order chi connectivity index (χ0) is 66.6. The Kier molecular flexibility index (Phi) is 59.6. The molecule has 2 saturated heterocycles. The number of hydrogen-bond acceptors (Lipinski definition) is 13. The number of carbonyl (C=O) groups excluding carboxylic acids is 1. The Labute approximate surface area is 565 Å². The topological polar surface area (TPSA) is 228 Å². The molecule has 0 spiro atoms. The summed E-state index contributed by atoms with van der Waals surface area (Å²) < 4.78 is 22.9. The average molecular weight is 1310 g/mol. The van der Waals surface area contributed by atoms with Crippen molar-refractivity contribution in [3.8, 4) is 0 Å². The van der Waals surface area contributed by atoms with Gasteiger partial charge in [-0.3, -0.25) is 4.79 Å². The molecule has 2 aliphatic rings. The van der Waals surface area contributed by atoms with Crippen LogP contribution in [0.5, 0.6) is 0 Å². The van der Waals surface area contributed by atoms with Gasteiger partial charge in [0.2, 0.25) is 5.91 Å². The van der Waals surface area contributed by atoms with Crippen LogP contribution in [0.1, 0.15) is 386 Å². The number of carbonyl (C=O) groups is 1. The van der Waals surface area contributed by atoms with Crippen molar-refractivity contribution in [2.24, 2.45) is 0 Å². The van der Waals surface area contributed by atoms with Crippen molar-refractivity contribution >= 4 is 5.91 Å². The van der Waals surface area contributed by atoms with E-state index in [4.69, 9.17) is 18.9 Å². The summed E-state index contributed by atoms with van der Waals surface area (Å²) in [6, 6.07) is -0.912. The van der Waals surface area contributed by atoms with Crippen molar-refractivity contribution in [3.05, 3.63) is 12.2 Å². The molecule has 0 aromatic heterocycles. The van der Waals surface area contributed by atoms with Gasteiger partial charge < -0.3 is 65.1 Å². The van der Waals surface area contributed by atoms with Crippen LogP contribution in [0.15, 0.2) is 12.2 Å². The Bertz CT molecular complexity index is 1590. The first-order valence-corrected chi connectivity index (χ1v) is 39.9. The van der Waals surface area contributed by atoms with Gasteiger partial charge in [-0.15, -0.1) is 0 Å². The lowest BCUT2D eigenvalue weighted by Gasteiger charge is -2.46. The number of hydrogen-bond donors (Lipinski definition) is 9. The first-order valence-electron chi connectivity index (χ1n) is 39.9. The molecule has 9 N–H and O–H groups in total. The van der Waals surface area contributed by atoms with Crippen LogP contribution < -0.4 is 5.32 Å². The van der Waals surface area contributed by atoms with E-state index in [0.717, 1.165) is 44.9 Å². The number of nitrogens with one attached hydrogen (secondary N) is 1. The smallest absolute Gasteiger partial charge is 0.220 e. The molecule has 2 heterocycles. The molecule has 2 aliphatic heterocycles. The molecule has 92 heavy (non-hydrogen) atoms. The molecule has 1 amide bonds. The highest BCUT2D eigenvalue weighted by Gasteiger charge is 2.51. The molecular weight excluding hydrogens is 1160 g/mol. The molecule has 0 radical (unpaired) electrons. The van der Waals surface area contributed by atoms with Crippen molar-refractivity contribution in [2.75, 3.05) is 19.8 Å². The molecule has 14 heteroatoms. The van der Waals surface area contributed by atoms with E-state index in [1.807, 2.05) is 6.08 Å². The van der Waals surface area contributed by atoms with Gasteiger partial charge in [-0.25, -0.2) is 0 Å². The summed E-state index contributed by atoms with van der Waals surface area (Å²) in [6.07, 6.45) is 63.0. The van der Waals surface area contributed by atoms with Gasteiger partial charge in [-0.05, 0) is 19.3 Å². The Morgan fingerprint density at radius 1 is 0.380 bits per heavy atom. The number of amides is 1. The molecule has 12 unspecified atom stereocenters. The standard InChI is InChI=1S/C78H151NO13/c1-3-5-7-9-11-13-15-17-19-21-23-25-27-29-31-32-33-34-35-36-38-40-42-44-46-48-50-52-54-56-58-60-62-70(83)79-66(65-89-77-75(88)73(86)76(69(64-81)91-77)92-78-74(87)72(85)71(84)68(63-80)90-78)67(82)61-59-57-55-53-51-49-47-45-43-41-39-37-30-28-26-24-22-20-18-16-14-12-10-8-6-4-2/h59,61,66-69,71-78,80-82,84-88H,3-58,60,62-65H2,1-2H3,(H,79,83)/b61-59+. The number of rotatable bonds is 68. The number of aliphatic hydroxyl groups excluding tert-OH is 8. The third-order valence-corrected chi connectivity index (χ3v) is 20.0.